The number of nitrogens with two attached hydrogens (primary N) is 1. The van der Waals surface area contributed by atoms with Gasteiger partial charge >= 0.3 is 0 Å². The fourth-order valence-corrected chi connectivity index (χ4v) is 1.94. The second-order valence-corrected chi connectivity index (χ2v) is 5.61. The van der Waals surface area contributed by atoms with Gasteiger partial charge < -0.3 is 5.73 Å². The first-order valence-electron chi connectivity index (χ1n) is 5.37. The number of hydrogen-bond acceptors (Lipinski definition) is 3. The topological polar surface area (TPSA) is 72.2 Å². The Labute approximate surface area is 96.9 Å². The average molecular weight is 242 g/mol. The fourth-order valence-electron chi connectivity index (χ4n) is 1.30. The predicted octanol–water partition coefficient (Wildman–Crippen LogP) is 1.34. The summed E-state index contributed by atoms with van der Waals surface area (Å²) in [5, 5.41) is 0. The van der Waals surface area contributed by atoms with Crippen LogP contribution in [0.1, 0.15) is 18.9 Å². The van der Waals surface area contributed by atoms with Crippen LogP contribution in [0, 0.1) is 0 Å². The second-order valence-electron chi connectivity index (χ2n) is 3.59. The van der Waals surface area contributed by atoms with Gasteiger partial charge in [-0.15, -0.1) is 0 Å². The Morgan fingerprint density at radius 3 is 2.38 bits per heavy atom. The lowest BCUT2D eigenvalue weighted by atomic mass is 10.1. The molecule has 0 spiro atoms. The molecule has 4 nitrogen and oxygen atoms in total. The predicted molar refractivity (Wildman–Crippen MR) is 66.9 cm³/mol. The molecule has 0 bridgehead atoms. The molecule has 5 heteroatoms. The van der Waals surface area contributed by atoms with E-state index in [9.17, 15) is 8.42 Å². The van der Waals surface area contributed by atoms with Crippen molar-refractivity contribution in [2.45, 2.75) is 19.8 Å². The molecule has 0 saturated heterocycles. The van der Waals surface area contributed by atoms with E-state index in [4.69, 9.17) is 5.73 Å². The van der Waals surface area contributed by atoms with Gasteiger partial charge in [-0.25, -0.2) is 8.42 Å². The number of benzene rings is 1. The molecule has 1 aromatic carbocycles. The van der Waals surface area contributed by atoms with Gasteiger partial charge in [-0.2, -0.15) is 0 Å². The molecule has 0 amide bonds. The molecule has 1 aromatic rings. The van der Waals surface area contributed by atoms with Gasteiger partial charge in [0.05, 0.1) is 5.75 Å². The lowest BCUT2D eigenvalue weighted by Crippen LogP contribution is -2.14. The largest absolute Gasteiger partial charge is 0.330 e. The van der Waals surface area contributed by atoms with Crippen LogP contribution in [0.25, 0.3) is 0 Å². The molecule has 0 aliphatic rings. The van der Waals surface area contributed by atoms with Crippen molar-refractivity contribution in [3.63, 3.8) is 0 Å². The summed E-state index contributed by atoms with van der Waals surface area (Å²) >= 11 is 0. The van der Waals surface area contributed by atoms with Crippen LogP contribution >= 0.6 is 0 Å². The van der Waals surface area contributed by atoms with E-state index in [0.29, 0.717) is 12.2 Å². The molecular weight excluding hydrogens is 224 g/mol. The lowest BCUT2D eigenvalue weighted by Gasteiger charge is -2.06. The number of nitrogens with one attached hydrogen (secondary N) is 1. The SMILES string of the molecule is CCS(=O)(=O)Nc1ccc(CCCN)cc1. The van der Waals surface area contributed by atoms with Crippen LogP contribution in [0.5, 0.6) is 0 Å². The Morgan fingerprint density at radius 2 is 1.88 bits per heavy atom. The maximum absolute atomic E-state index is 11.3. The molecule has 0 atom stereocenters. The van der Waals surface area contributed by atoms with E-state index < -0.39 is 10.0 Å². The van der Waals surface area contributed by atoms with Crippen LogP contribution in [0.2, 0.25) is 0 Å². The van der Waals surface area contributed by atoms with Crippen molar-refractivity contribution in [2.75, 3.05) is 17.0 Å². The highest BCUT2D eigenvalue weighted by molar-refractivity contribution is 7.92. The highest BCUT2D eigenvalue weighted by Gasteiger charge is 2.05. The zero-order valence-corrected chi connectivity index (χ0v) is 10.3. The summed E-state index contributed by atoms with van der Waals surface area (Å²) in [4.78, 5) is 0. The van der Waals surface area contributed by atoms with Crippen molar-refractivity contribution >= 4 is 15.7 Å². The van der Waals surface area contributed by atoms with Crippen LogP contribution in [0.3, 0.4) is 0 Å². The van der Waals surface area contributed by atoms with Gasteiger partial charge in [-0.05, 0) is 44.0 Å². The molecule has 0 unspecified atom stereocenters. The molecule has 3 N–H and O–H groups in total. The highest BCUT2D eigenvalue weighted by atomic mass is 32.2. The zero-order valence-electron chi connectivity index (χ0n) is 9.44. The van der Waals surface area contributed by atoms with Crippen LogP contribution in [0.4, 0.5) is 5.69 Å². The molecule has 90 valence electrons. The normalized spacial score (nSPS) is 11.4. The average Bonchev–Trinajstić information content (AvgIpc) is 2.28. The second kappa shape index (κ2) is 5.86. The number of anilines is 1. The first kappa shape index (κ1) is 13.0. The standard InChI is InChI=1S/C11H18N2O2S/c1-2-16(14,15)13-11-7-5-10(6-8-11)4-3-9-12/h5-8,13H,2-4,9,12H2,1H3. The van der Waals surface area contributed by atoms with Gasteiger partial charge in [-0.3, -0.25) is 4.72 Å². The minimum atomic E-state index is -3.17. The number of hydrogen-bond donors (Lipinski definition) is 2. The molecule has 16 heavy (non-hydrogen) atoms. The Hall–Kier alpha value is -1.07. The van der Waals surface area contributed by atoms with E-state index in [0.717, 1.165) is 12.8 Å². The minimum absolute atomic E-state index is 0.0852. The third kappa shape index (κ3) is 4.20. The number of aryl methyl sites for hydroxylation is 1. The first-order valence-corrected chi connectivity index (χ1v) is 7.02. The van der Waals surface area contributed by atoms with Crippen molar-refractivity contribution < 1.29 is 8.42 Å². The Kier molecular flexibility index (Phi) is 4.76. The van der Waals surface area contributed by atoms with Gasteiger partial charge in [-0.1, -0.05) is 12.1 Å². The smallest absolute Gasteiger partial charge is 0.232 e. The summed E-state index contributed by atoms with van der Waals surface area (Å²) in [6.45, 7) is 2.28. The molecular formula is C11H18N2O2S. The highest BCUT2D eigenvalue weighted by Crippen LogP contribution is 2.12. The fraction of sp³-hybridized carbons (Fsp3) is 0.455. The van der Waals surface area contributed by atoms with Crippen LogP contribution in [0.15, 0.2) is 24.3 Å². The Morgan fingerprint density at radius 1 is 1.25 bits per heavy atom. The molecule has 0 fully saturated rings. The summed E-state index contributed by atoms with van der Waals surface area (Å²) in [6.07, 6.45) is 1.87. The third-order valence-corrected chi connectivity index (χ3v) is 3.58. The van der Waals surface area contributed by atoms with Gasteiger partial charge in [0.15, 0.2) is 0 Å². The zero-order chi connectivity index (χ0) is 12.0. The van der Waals surface area contributed by atoms with Gasteiger partial charge in [0.2, 0.25) is 10.0 Å². The van der Waals surface area contributed by atoms with E-state index in [-0.39, 0.29) is 5.75 Å². The summed E-state index contributed by atoms with van der Waals surface area (Å²) in [5.41, 5.74) is 7.20. The third-order valence-electron chi connectivity index (χ3n) is 2.28. The molecule has 0 aliphatic carbocycles. The molecule has 0 aromatic heterocycles. The maximum atomic E-state index is 11.3. The monoisotopic (exact) mass is 242 g/mol. The molecule has 0 radical (unpaired) electrons. The van der Waals surface area contributed by atoms with Crippen LogP contribution in [-0.4, -0.2) is 20.7 Å². The Bertz CT molecular complexity index is 412. The van der Waals surface area contributed by atoms with E-state index >= 15 is 0 Å². The maximum Gasteiger partial charge on any atom is 0.232 e. The van der Waals surface area contributed by atoms with Gasteiger partial charge in [0.1, 0.15) is 0 Å². The van der Waals surface area contributed by atoms with E-state index in [1.54, 1.807) is 19.1 Å². The van der Waals surface area contributed by atoms with E-state index in [1.165, 1.54) is 5.56 Å². The minimum Gasteiger partial charge on any atom is -0.330 e. The van der Waals surface area contributed by atoms with Gasteiger partial charge in [0, 0.05) is 5.69 Å². The molecule has 0 heterocycles. The van der Waals surface area contributed by atoms with Crippen molar-refractivity contribution in [1.82, 2.24) is 0 Å². The van der Waals surface area contributed by atoms with Crippen molar-refractivity contribution in [3.8, 4) is 0 Å². The van der Waals surface area contributed by atoms with Gasteiger partial charge in [0.25, 0.3) is 0 Å². The molecule has 0 aliphatic heterocycles. The van der Waals surface area contributed by atoms with Crippen molar-refractivity contribution in [2.24, 2.45) is 5.73 Å². The van der Waals surface area contributed by atoms with E-state index in [2.05, 4.69) is 4.72 Å². The van der Waals surface area contributed by atoms with Crippen LogP contribution < -0.4 is 10.5 Å². The van der Waals surface area contributed by atoms with Crippen molar-refractivity contribution in [3.05, 3.63) is 29.8 Å². The Balaban J connectivity index is 2.65. The van der Waals surface area contributed by atoms with Crippen molar-refractivity contribution in [1.29, 1.82) is 0 Å². The molecule has 0 saturated carbocycles. The lowest BCUT2D eigenvalue weighted by molar-refractivity contribution is 0.602. The van der Waals surface area contributed by atoms with Crippen LogP contribution in [-0.2, 0) is 16.4 Å². The number of rotatable bonds is 6. The first-order chi connectivity index (χ1) is 7.57. The number of sulfonamides is 1. The summed E-state index contributed by atoms with van der Waals surface area (Å²) in [7, 11) is -3.17. The summed E-state index contributed by atoms with van der Waals surface area (Å²) < 4.78 is 25.1. The molecule has 1 rings (SSSR count). The summed E-state index contributed by atoms with van der Waals surface area (Å²) in [5.74, 6) is 0.0852. The quantitative estimate of drug-likeness (QED) is 0.790. The summed E-state index contributed by atoms with van der Waals surface area (Å²) in [6, 6.07) is 7.39. The van der Waals surface area contributed by atoms with E-state index in [1.807, 2.05) is 12.1 Å².